The van der Waals surface area contributed by atoms with Crippen LogP contribution in [-0.4, -0.2) is 30.7 Å². The fourth-order valence-corrected chi connectivity index (χ4v) is 3.31. The average Bonchev–Trinajstić information content (AvgIpc) is 3.36. The predicted molar refractivity (Wildman–Crippen MR) is 90.1 cm³/mol. The third-order valence-electron chi connectivity index (χ3n) is 5.02. The molecule has 1 aliphatic heterocycles. The Labute approximate surface area is 146 Å². The number of hydrogen-bond donors (Lipinski definition) is 2. The highest BCUT2D eigenvalue weighted by atomic mass is 19.1. The molecular formula is C19H23FN2O3. The molecule has 1 saturated carbocycles. The highest BCUT2D eigenvalue weighted by molar-refractivity contribution is 6.37. The molecule has 2 fully saturated rings. The number of halogens is 1. The smallest absolute Gasteiger partial charge is 0.287 e. The van der Waals surface area contributed by atoms with Gasteiger partial charge in [-0.15, -0.1) is 0 Å². The summed E-state index contributed by atoms with van der Waals surface area (Å²) in [5.74, 6) is -2.19. The van der Waals surface area contributed by atoms with E-state index in [1.54, 1.807) is 12.1 Å². The van der Waals surface area contributed by atoms with Crippen LogP contribution < -0.4 is 10.6 Å². The Morgan fingerprint density at radius 2 is 1.92 bits per heavy atom. The van der Waals surface area contributed by atoms with E-state index in [2.05, 4.69) is 10.6 Å². The van der Waals surface area contributed by atoms with E-state index >= 15 is 0 Å². The van der Waals surface area contributed by atoms with Gasteiger partial charge < -0.3 is 10.6 Å². The number of benzene rings is 1. The molecule has 5 nitrogen and oxygen atoms in total. The van der Waals surface area contributed by atoms with E-state index in [-0.39, 0.29) is 18.3 Å². The van der Waals surface area contributed by atoms with Crippen LogP contribution in [0.15, 0.2) is 24.3 Å². The van der Waals surface area contributed by atoms with Gasteiger partial charge in [-0.2, -0.15) is 0 Å². The van der Waals surface area contributed by atoms with Crippen molar-refractivity contribution in [2.24, 2.45) is 17.8 Å². The summed E-state index contributed by atoms with van der Waals surface area (Å²) < 4.78 is 13.0. The maximum atomic E-state index is 13.0. The molecule has 0 radical (unpaired) electrons. The average molecular weight is 346 g/mol. The van der Waals surface area contributed by atoms with Gasteiger partial charge in [-0.1, -0.05) is 25.0 Å². The Morgan fingerprint density at radius 3 is 2.60 bits per heavy atom. The number of hydrogen-bond acceptors (Lipinski definition) is 3. The summed E-state index contributed by atoms with van der Waals surface area (Å²) >= 11 is 0. The summed E-state index contributed by atoms with van der Waals surface area (Å²) in [6.07, 6.45) is 4.83. The number of ketones is 1. The second-order valence-corrected chi connectivity index (χ2v) is 6.99. The third-order valence-corrected chi connectivity index (χ3v) is 5.02. The van der Waals surface area contributed by atoms with Gasteiger partial charge in [0.2, 0.25) is 11.7 Å². The van der Waals surface area contributed by atoms with Gasteiger partial charge in [-0.25, -0.2) is 4.39 Å². The molecule has 1 aromatic rings. The second-order valence-electron chi connectivity index (χ2n) is 6.99. The monoisotopic (exact) mass is 346 g/mol. The zero-order valence-corrected chi connectivity index (χ0v) is 14.1. The standard InChI is InChI=1S/C19H23FN2O3/c20-14-7-5-13(6-8-14)10-15-16(11-22-18(15)24)17(23)19(25)21-9-1-2-12-3-4-12/h5-8,12,15-16H,1-4,9-11H2,(H,21,25)(H,22,24)/t15-,16+/m1/s1. The van der Waals surface area contributed by atoms with Crippen LogP contribution in [0.3, 0.4) is 0 Å². The molecular weight excluding hydrogens is 323 g/mol. The van der Waals surface area contributed by atoms with Crippen molar-refractivity contribution in [3.63, 3.8) is 0 Å². The Kier molecular flexibility index (Phi) is 5.46. The molecule has 1 aliphatic carbocycles. The quantitative estimate of drug-likeness (QED) is 0.555. The number of carbonyl (C=O) groups excluding carboxylic acids is 3. The van der Waals surface area contributed by atoms with Crippen LogP contribution in [0.4, 0.5) is 4.39 Å². The van der Waals surface area contributed by atoms with Crippen molar-refractivity contribution in [1.82, 2.24) is 10.6 Å². The first-order valence-electron chi connectivity index (χ1n) is 8.89. The normalized spacial score (nSPS) is 22.5. The van der Waals surface area contributed by atoms with Crippen molar-refractivity contribution in [3.05, 3.63) is 35.6 Å². The molecule has 0 bridgehead atoms. The van der Waals surface area contributed by atoms with E-state index in [9.17, 15) is 18.8 Å². The molecule has 6 heteroatoms. The Hall–Kier alpha value is -2.24. The molecule has 1 saturated heterocycles. The second kappa shape index (κ2) is 7.76. The van der Waals surface area contributed by atoms with E-state index in [1.165, 1.54) is 25.0 Å². The molecule has 1 aromatic carbocycles. The van der Waals surface area contributed by atoms with Gasteiger partial charge >= 0.3 is 0 Å². The largest absolute Gasteiger partial charge is 0.355 e. The minimum atomic E-state index is -0.666. The zero-order valence-electron chi connectivity index (χ0n) is 14.1. The molecule has 0 unspecified atom stereocenters. The van der Waals surface area contributed by atoms with Crippen molar-refractivity contribution < 1.29 is 18.8 Å². The molecule has 0 spiro atoms. The van der Waals surface area contributed by atoms with Gasteiger partial charge in [0.15, 0.2) is 0 Å². The van der Waals surface area contributed by atoms with Crippen molar-refractivity contribution in [1.29, 1.82) is 0 Å². The molecule has 2 aliphatic rings. The maximum Gasteiger partial charge on any atom is 0.287 e. The van der Waals surface area contributed by atoms with E-state index in [4.69, 9.17) is 0 Å². The Bertz CT molecular complexity index is 655. The fourth-order valence-electron chi connectivity index (χ4n) is 3.31. The highest BCUT2D eigenvalue weighted by Gasteiger charge is 2.41. The fraction of sp³-hybridized carbons (Fsp3) is 0.526. The number of amides is 2. The van der Waals surface area contributed by atoms with Crippen LogP contribution in [0.1, 0.15) is 31.2 Å². The summed E-state index contributed by atoms with van der Waals surface area (Å²) in [5.41, 5.74) is 0.770. The van der Waals surface area contributed by atoms with Gasteiger partial charge in [0.05, 0.1) is 11.8 Å². The summed E-state index contributed by atoms with van der Waals surface area (Å²) in [6, 6.07) is 5.85. The molecule has 2 atom stereocenters. The first kappa shape index (κ1) is 17.6. The van der Waals surface area contributed by atoms with Crippen LogP contribution >= 0.6 is 0 Å². The first-order valence-corrected chi connectivity index (χ1v) is 8.89. The van der Waals surface area contributed by atoms with Gasteiger partial charge in [-0.3, -0.25) is 14.4 Å². The van der Waals surface area contributed by atoms with Gasteiger partial charge in [-0.05, 0) is 42.9 Å². The van der Waals surface area contributed by atoms with Crippen LogP contribution in [0.5, 0.6) is 0 Å². The minimum absolute atomic E-state index is 0.180. The Balaban J connectivity index is 1.54. The number of carbonyl (C=O) groups is 3. The van der Waals surface area contributed by atoms with Crippen molar-refractivity contribution in [2.75, 3.05) is 13.1 Å². The van der Waals surface area contributed by atoms with Crippen molar-refractivity contribution in [3.8, 4) is 0 Å². The summed E-state index contributed by atoms with van der Waals surface area (Å²) in [6.45, 7) is 0.677. The topological polar surface area (TPSA) is 75.3 Å². The lowest BCUT2D eigenvalue weighted by molar-refractivity contribution is -0.141. The van der Waals surface area contributed by atoms with Crippen molar-refractivity contribution >= 4 is 17.6 Å². The molecule has 1 heterocycles. The minimum Gasteiger partial charge on any atom is -0.355 e. The molecule has 3 rings (SSSR count). The third kappa shape index (κ3) is 4.65. The molecule has 2 amide bonds. The number of rotatable bonds is 8. The van der Waals surface area contributed by atoms with Gasteiger partial charge in [0.1, 0.15) is 5.82 Å². The SMILES string of the molecule is O=C(NCCCC1CC1)C(=O)[C@H]1CNC(=O)[C@@H]1Cc1ccc(F)cc1. The first-order chi connectivity index (χ1) is 12.0. The lowest BCUT2D eigenvalue weighted by atomic mass is 9.86. The summed E-state index contributed by atoms with van der Waals surface area (Å²) in [7, 11) is 0. The summed E-state index contributed by atoms with van der Waals surface area (Å²) in [5, 5.41) is 5.34. The molecule has 2 N–H and O–H groups in total. The van der Waals surface area contributed by atoms with E-state index in [1.807, 2.05) is 0 Å². The van der Waals surface area contributed by atoms with Crippen LogP contribution in [-0.2, 0) is 20.8 Å². The summed E-state index contributed by atoms with van der Waals surface area (Å²) in [4.78, 5) is 36.6. The van der Waals surface area contributed by atoms with E-state index in [0.717, 1.165) is 24.3 Å². The molecule has 0 aromatic heterocycles. The van der Waals surface area contributed by atoms with Crippen LogP contribution in [0, 0.1) is 23.6 Å². The Morgan fingerprint density at radius 1 is 1.20 bits per heavy atom. The maximum absolute atomic E-state index is 13.0. The van der Waals surface area contributed by atoms with Crippen LogP contribution in [0.25, 0.3) is 0 Å². The molecule has 25 heavy (non-hydrogen) atoms. The lowest BCUT2D eigenvalue weighted by Crippen LogP contribution is -2.39. The van der Waals surface area contributed by atoms with Gasteiger partial charge in [0.25, 0.3) is 5.91 Å². The zero-order chi connectivity index (χ0) is 17.8. The molecule has 134 valence electrons. The number of nitrogens with one attached hydrogen (secondary N) is 2. The van der Waals surface area contributed by atoms with Gasteiger partial charge in [0, 0.05) is 13.1 Å². The highest BCUT2D eigenvalue weighted by Crippen LogP contribution is 2.33. The van der Waals surface area contributed by atoms with Crippen LogP contribution in [0.2, 0.25) is 0 Å². The number of Topliss-reactive ketones (excluding diaryl/α,β-unsaturated/α-hetero) is 1. The lowest BCUT2D eigenvalue weighted by Gasteiger charge is -2.15. The van der Waals surface area contributed by atoms with E-state index < -0.39 is 23.5 Å². The van der Waals surface area contributed by atoms with Crippen molar-refractivity contribution in [2.45, 2.75) is 32.1 Å². The van der Waals surface area contributed by atoms with E-state index in [0.29, 0.717) is 13.0 Å². The predicted octanol–water partition coefficient (Wildman–Crippen LogP) is 1.61.